The van der Waals surface area contributed by atoms with Crippen LogP contribution in [0.3, 0.4) is 0 Å². The first-order valence-corrected chi connectivity index (χ1v) is 10.3. The van der Waals surface area contributed by atoms with Crippen molar-refractivity contribution in [1.29, 1.82) is 0 Å². The summed E-state index contributed by atoms with van der Waals surface area (Å²) in [6.45, 7) is 3.55. The molecule has 27 heavy (non-hydrogen) atoms. The highest BCUT2D eigenvalue weighted by atomic mass is 79.9. The van der Waals surface area contributed by atoms with Gasteiger partial charge in [0.1, 0.15) is 5.75 Å². The van der Waals surface area contributed by atoms with Gasteiger partial charge in [0.25, 0.3) is 0 Å². The van der Waals surface area contributed by atoms with E-state index in [9.17, 15) is 0 Å². The topological polar surface area (TPSA) is 62.9 Å². The molecular formula is C21H25BrN4O. The molecule has 6 heteroatoms. The minimum atomic E-state index is 0.167. The van der Waals surface area contributed by atoms with E-state index in [0.717, 1.165) is 48.3 Å². The fourth-order valence-corrected chi connectivity index (χ4v) is 4.22. The highest BCUT2D eigenvalue weighted by molar-refractivity contribution is 9.10. The van der Waals surface area contributed by atoms with Crippen molar-refractivity contribution in [2.45, 2.75) is 18.9 Å². The molecule has 2 atom stereocenters. The van der Waals surface area contributed by atoms with Crippen LogP contribution in [0.2, 0.25) is 0 Å². The molecular weight excluding hydrogens is 404 g/mol. The molecule has 1 saturated heterocycles. The van der Waals surface area contributed by atoms with Crippen LogP contribution in [0.15, 0.2) is 58.0 Å². The summed E-state index contributed by atoms with van der Waals surface area (Å²) in [5.74, 6) is 2.00. The molecule has 2 aromatic rings. The SMILES string of the molecule is NC(=NCC1CCN(c2cccc(Br)c2)C1)NC1CCOc2ccccc21. The maximum Gasteiger partial charge on any atom is 0.189 e. The molecule has 2 aromatic carbocycles. The van der Waals surface area contributed by atoms with Crippen molar-refractivity contribution in [3.63, 3.8) is 0 Å². The molecule has 2 unspecified atom stereocenters. The summed E-state index contributed by atoms with van der Waals surface area (Å²) in [6.07, 6.45) is 2.04. The highest BCUT2D eigenvalue weighted by Gasteiger charge is 2.24. The van der Waals surface area contributed by atoms with Crippen molar-refractivity contribution in [3.05, 3.63) is 58.6 Å². The molecule has 2 aliphatic rings. The van der Waals surface area contributed by atoms with Crippen molar-refractivity contribution >= 4 is 27.6 Å². The third kappa shape index (κ3) is 4.38. The lowest BCUT2D eigenvalue weighted by Gasteiger charge is -2.27. The molecule has 0 amide bonds. The highest BCUT2D eigenvalue weighted by Crippen LogP contribution is 2.31. The summed E-state index contributed by atoms with van der Waals surface area (Å²) < 4.78 is 6.83. The number of nitrogens with zero attached hydrogens (tertiary/aromatic N) is 2. The van der Waals surface area contributed by atoms with Gasteiger partial charge in [0.15, 0.2) is 5.96 Å². The zero-order chi connectivity index (χ0) is 18.6. The first-order valence-electron chi connectivity index (χ1n) is 9.48. The van der Waals surface area contributed by atoms with E-state index in [1.54, 1.807) is 0 Å². The number of ether oxygens (including phenoxy) is 1. The average molecular weight is 429 g/mol. The standard InChI is InChI=1S/C21H25BrN4O/c22-16-4-3-5-17(12-16)26-10-8-15(14-26)13-24-21(23)25-19-9-11-27-20-7-2-1-6-18(19)20/h1-7,12,15,19H,8-11,13-14H2,(H3,23,24,25). The van der Waals surface area contributed by atoms with Crippen molar-refractivity contribution in [2.75, 3.05) is 31.1 Å². The van der Waals surface area contributed by atoms with E-state index in [4.69, 9.17) is 10.5 Å². The second kappa shape index (κ2) is 8.21. The maximum absolute atomic E-state index is 6.18. The minimum Gasteiger partial charge on any atom is -0.493 e. The Labute approximate surface area is 168 Å². The van der Waals surface area contributed by atoms with E-state index in [2.05, 4.69) is 61.5 Å². The van der Waals surface area contributed by atoms with Gasteiger partial charge in [0.05, 0.1) is 12.6 Å². The average Bonchev–Trinajstić information content (AvgIpc) is 3.16. The Hall–Kier alpha value is -2.21. The van der Waals surface area contributed by atoms with Gasteiger partial charge in [-0.05, 0) is 36.6 Å². The molecule has 2 heterocycles. The number of rotatable bonds is 4. The number of para-hydroxylation sites is 1. The van der Waals surface area contributed by atoms with Gasteiger partial charge in [-0.2, -0.15) is 0 Å². The van der Waals surface area contributed by atoms with Crippen LogP contribution in [-0.4, -0.2) is 32.2 Å². The number of nitrogens with two attached hydrogens (primary N) is 1. The number of benzene rings is 2. The third-order valence-electron chi connectivity index (χ3n) is 5.26. The van der Waals surface area contributed by atoms with Gasteiger partial charge in [-0.15, -0.1) is 0 Å². The predicted molar refractivity (Wildman–Crippen MR) is 113 cm³/mol. The molecule has 0 bridgehead atoms. The number of hydrogen-bond donors (Lipinski definition) is 2. The third-order valence-corrected chi connectivity index (χ3v) is 5.75. The molecule has 0 saturated carbocycles. The van der Waals surface area contributed by atoms with Crippen LogP contribution in [0.5, 0.6) is 5.75 Å². The fraction of sp³-hybridized carbons (Fsp3) is 0.381. The normalized spacial score (nSPS) is 22.3. The smallest absolute Gasteiger partial charge is 0.189 e. The number of hydrogen-bond acceptors (Lipinski definition) is 3. The molecule has 142 valence electrons. The summed E-state index contributed by atoms with van der Waals surface area (Å²) in [7, 11) is 0. The van der Waals surface area contributed by atoms with Gasteiger partial charge < -0.3 is 20.7 Å². The Morgan fingerprint density at radius 2 is 2.11 bits per heavy atom. The Bertz CT molecular complexity index is 825. The molecule has 0 aliphatic carbocycles. The Morgan fingerprint density at radius 1 is 1.22 bits per heavy atom. The summed E-state index contributed by atoms with van der Waals surface area (Å²) in [4.78, 5) is 7.05. The van der Waals surface area contributed by atoms with E-state index in [1.807, 2.05) is 18.2 Å². The molecule has 2 aliphatic heterocycles. The first-order chi connectivity index (χ1) is 13.2. The number of nitrogens with one attached hydrogen (secondary N) is 1. The van der Waals surface area contributed by atoms with Crippen molar-refractivity contribution < 1.29 is 4.74 Å². The van der Waals surface area contributed by atoms with Gasteiger partial charge in [-0.1, -0.05) is 40.2 Å². The van der Waals surface area contributed by atoms with Gasteiger partial charge in [-0.25, -0.2) is 0 Å². The van der Waals surface area contributed by atoms with E-state index in [-0.39, 0.29) is 6.04 Å². The Balaban J connectivity index is 1.33. The summed E-state index contributed by atoms with van der Waals surface area (Å²) >= 11 is 3.55. The van der Waals surface area contributed by atoms with Gasteiger partial charge >= 0.3 is 0 Å². The van der Waals surface area contributed by atoms with Crippen LogP contribution in [0.25, 0.3) is 0 Å². The Morgan fingerprint density at radius 3 is 3.00 bits per heavy atom. The maximum atomic E-state index is 6.18. The Kier molecular flexibility index (Phi) is 5.53. The van der Waals surface area contributed by atoms with Crippen LogP contribution >= 0.6 is 15.9 Å². The second-order valence-electron chi connectivity index (χ2n) is 7.18. The van der Waals surface area contributed by atoms with Gasteiger partial charge in [0.2, 0.25) is 0 Å². The molecule has 4 rings (SSSR count). The predicted octanol–water partition coefficient (Wildman–Crippen LogP) is 3.70. The monoisotopic (exact) mass is 428 g/mol. The summed E-state index contributed by atoms with van der Waals surface area (Å²) in [5, 5.41) is 3.38. The quantitative estimate of drug-likeness (QED) is 0.575. The molecule has 0 aromatic heterocycles. The lowest BCUT2D eigenvalue weighted by molar-refractivity contribution is 0.262. The molecule has 0 spiro atoms. The van der Waals surface area contributed by atoms with Gasteiger partial charge in [0, 0.05) is 41.8 Å². The molecule has 0 radical (unpaired) electrons. The largest absolute Gasteiger partial charge is 0.493 e. The lowest BCUT2D eigenvalue weighted by atomic mass is 10.0. The molecule has 3 N–H and O–H groups in total. The lowest BCUT2D eigenvalue weighted by Crippen LogP contribution is -2.37. The zero-order valence-electron chi connectivity index (χ0n) is 15.3. The van der Waals surface area contributed by atoms with E-state index in [1.165, 1.54) is 5.69 Å². The van der Waals surface area contributed by atoms with E-state index in [0.29, 0.717) is 18.5 Å². The fourth-order valence-electron chi connectivity index (χ4n) is 3.83. The molecule has 5 nitrogen and oxygen atoms in total. The number of halogens is 1. The van der Waals surface area contributed by atoms with Crippen LogP contribution in [-0.2, 0) is 0 Å². The van der Waals surface area contributed by atoms with E-state index >= 15 is 0 Å². The van der Waals surface area contributed by atoms with Crippen LogP contribution in [0.1, 0.15) is 24.4 Å². The van der Waals surface area contributed by atoms with E-state index < -0.39 is 0 Å². The number of guanidine groups is 1. The number of aliphatic imine (C=N–C) groups is 1. The second-order valence-corrected chi connectivity index (χ2v) is 8.09. The summed E-state index contributed by atoms with van der Waals surface area (Å²) in [6, 6.07) is 16.8. The van der Waals surface area contributed by atoms with Gasteiger partial charge in [-0.3, -0.25) is 4.99 Å². The van der Waals surface area contributed by atoms with Crippen molar-refractivity contribution in [2.24, 2.45) is 16.6 Å². The van der Waals surface area contributed by atoms with Crippen LogP contribution < -0.4 is 20.7 Å². The summed E-state index contributed by atoms with van der Waals surface area (Å²) in [5.41, 5.74) is 8.60. The first kappa shape index (κ1) is 18.2. The number of anilines is 1. The zero-order valence-corrected chi connectivity index (χ0v) is 16.9. The van der Waals surface area contributed by atoms with Crippen molar-refractivity contribution in [3.8, 4) is 5.75 Å². The number of fused-ring (bicyclic) bond motifs is 1. The van der Waals surface area contributed by atoms with Crippen LogP contribution in [0, 0.1) is 5.92 Å². The van der Waals surface area contributed by atoms with Crippen molar-refractivity contribution in [1.82, 2.24) is 5.32 Å². The molecule has 1 fully saturated rings. The minimum absolute atomic E-state index is 0.167. The van der Waals surface area contributed by atoms with Crippen LogP contribution in [0.4, 0.5) is 5.69 Å².